The molecule has 2 aliphatic rings. The molecule has 0 bridgehead atoms. The lowest BCUT2D eigenvalue weighted by Crippen LogP contribution is -2.57. The van der Waals surface area contributed by atoms with Crippen LogP contribution in [0.2, 0.25) is 0 Å². The van der Waals surface area contributed by atoms with E-state index >= 15 is 0 Å². The number of piperidine rings is 1. The van der Waals surface area contributed by atoms with Crippen molar-refractivity contribution < 1.29 is 18.3 Å². The number of nitrogens with zero attached hydrogens (tertiary/aromatic N) is 6. The van der Waals surface area contributed by atoms with E-state index < -0.39 is 9.84 Å². The maximum absolute atomic E-state index is 12.2. The fourth-order valence-corrected chi connectivity index (χ4v) is 6.92. The molecule has 0 aromatic carbocycles. The molecule has 41 heavy (non-hydrogen) atoms. The van der Waals surface area contributed by atoms with Gasteiger partial charge in [-0.1, -0.05) is 20.8 Å². The number of hydrogen-bond acceptors (Lipinski definition) is 11. The molecule has 0 aliphatic carbocycles. The first-order chi connectivity index (χ1) is 19.7. The molecule has 2 saturated heterocycles. The number of hydrogen-bond donors (Lipinski definition) is 2. The second kappa shape index (κ2) is 12.4. The minimum atomic E-state index is -3.03. The Morgan fingerprint density at radius 1 is 1.12 bits per heavy atom. The molecule has 5 rings (SSSR count). The number of aliphatic hydroxyl groups is 1. The second-order valence-corrected chi connectivity index (χ2v) is 13.7. The Hall–Kier alpha value is -3.09. The Balaban J connectivity index is 1.34. The van der Waals surface area contributed by atoms with Gasteiger partial charge in [0.25, 0.3) is 0 Å². The minimum Gasteiger partial charge on any atom is -0.394 e. The van der Waals surface area contributed by atoms with Crippen LogP contribution in [0.5, 0.6) is 0 Å². The molecule has 0 unspecified atom stereocenters. The maximum Gasteiger partial charge on any atom is 0.227 e. The normalized spacial score (nSPS) is 20.0. The van der Waals surface area contributed by atoms with Crippen molar-refractivity contribution in [1.82, 2.24) is 19.9 Å². The molecule has 0 radical (unpaired) electrons. The van der Waals surface area contributed by atoms with E-state index in [1.165, 1.54) is 0 Å². The first-order valence-corrected chi connectivity index (χ1v) is 16.3. The van der Waals surface area contributed by atoms with Gasteiger partial charge >= 0.3 is 0 Å². The van der Waals surface area contributed by atoms with Gasteiger partial charge in [-0.3, -0.25) is 0 Å². The molecule has 3 aromatic rings. The Morgan fingerprint density at radius 2 is 1.90 bits per heavy atom. The van der Waals surface area contributed by atoms with Crippen LogP contribution in [0.4, 0.5) is 23.4 Å². The van der Waals surface area contributed by atoms with Crippen molar-refractivity contribution in [1.29, 1.82) is 0 Å². The number of fused-ring (bicyclic) bond motifs is 1. The van der Waals surface area contributed by atoms with Crippen molar-refractivity contribution in [2.45, 2.75) is 58.6 Å². The monoisotopic (exact) mass is 583 g/mol. The van der Waals surface area contributed by atoms with Crippen LogP contribution in [0.3, 0.4) is 0 Å². The minimum absolute atomic E-state index is 0.0413. The smallest absolute Gasteiger partial charge is 0.227 e. The van der Waals surface area contributed by atoms with Gasteiger partial charge in [-0.15, -0.1) is 0 Å². The fraction of sp³-hybridized carbons (Fsp3) is 0.586. The van der Waals surface area contributed by atoms with Gasteiger partial charge in [-0.05, 0) is 48.8 Å². The summed E-state index contributed by atoms with van der Waals surface area (Å²) in [5, 5.41) is 14.4. The molecule has 0 amide bonds. The van der Waals surface area contributed by atoms with E-state index in [1.807, 2.05) is 24.5 Å². The van der Waals surface area contributed by atoms with Crippen molar-refractivity contribution in [2.24, 2.45) is 5.92 Å². The standard InChI is InChI=1S/C29H41N7O4S/c1-5-41(38,39)18-21-17-36(20(21)4)28-25-16-31-27(14-23(25)24(15-32-28)19(2)3)33-26-6-9-30-29(34-26)35-10-7-22(8-11-35)40-13-12-37/h6,9,14-16,19-22,37H,5,7-8,10-13,17-18H2,1-4H3,(H,30,31,33,34)/t20-,21-/m1/s1. The molecule has 0 spiro atoms. The van der Waals surface area contributed by atoms with Gasteiger partial charge in [-0.2, -0.15) is 4.98 Å². The van der Waals surface area contributed by atoms with Crippen molar-refractivity contribution in [3.63, 3.8) is 0 Å². The molecule has 12 heteroatoms. The van der Waals surface area contributed by atoms with E-state index in [0.29, 0.717) is 30.7 Å². The molecule has 0 saturated carbocycles. The molecule has 11 nitrogen and oxygen atoms in total. The van der Waals surface area contributed by atoms with E-state index in [0.717, 1.165) is 48.1 Å². The van der Waals surface area contributed by atoms with Crippen molar-refractivity contribution >= 4 is 44.0 Å². The van der Waals surface area contributed by atoms with Crippen LogP contribution in [0.15, 0.2) is 30.7 Å². The van der Waals surface area contributed by atoms with Gasteiger partial charge in [-0.25, -0.2) is 23.4 Å². The number of nitrogens with one attached hydrogen (secondary N) is 1. The largest absolute Gasteiger partial charge is 0.394 e. The van der Waals surface area contributed by atoms with Crippen LogP contribution in [-0.2, 0) is 14.6 Å². The lowest BCUT2D eigenvalue weighted by molar-refractivity contribution is 0.0157. The fourth-order valence-electron chi connectivity index (χ4n) is 5.65. The van der Waals surface area contributed by atoms with E-state index in [1.54, 1.807) is 13.1 Å². The summed E-state index contributed by atoms with van der Waals surface area (Å²) in [7, 11) is -3.03. The number of ether oxygens (including phenoxy) is 1. The van der Waals surface area contributed by atoms with Crippen LogP contribution in [0, 0.1) is 5.92 Å². The van der Waals surface area contributed by atoms with Gasteiger partial charge in [0.15, 0.2) is 0 Å². The number of sulfone groups is 1. The van der Waals surface area contributed by atoms with Gasteiger partial charge in [0.2, 0.25) is 5.95 Å². The van der Waals surface area contributed by atoms with Gasteiger partial charge in [0.05, 0.1) is 25.1 Å². The predicted molar refractivity (Wildman–Crippen MR) is 162 cm³/mol. The Morgan fingerprint density at radius 3 is 2.59 bits per heavy atom. The molecule has 222 valence electrons. The molecule has 2 atom stereocenters. The predicted octanol–water partition coefficient (Wildman–Crippen LogP) is 3.52. The number of anilines is 4. The topological polar surface area (TPSA) is 134 Å². The zero-order chi connectivity index (χ0) is 29.1. The van der Waals surface area contributed by atoms with E-state index in [2.05, 4.69) is 40.9 Å². The van der Waals surface area contributed by atoms with Gasteiger partial charge in [0, 0.05) is 61.3 Å². The highest BCUT2D eigenvalue weighted by Gasteiger charge is 2.39. The second-order valence-electron chi connectivity index (χ2n) is 11.3. The Kier molecular flexibility index (Phi) is 8.91. The van der Waals surface area contributed by atoms with Crippen LogP contribution in [-0.4, -0.2) is 90.0 Å². The average Bonchev–Trinajstić information content (AvgIpc) is 2.97. The number of rotatable bonds is 11. The lowest BCUT2D eigenvalue weighted by Gasteiger charge is -2.47. The van der Waals surface area contributed by atoms with Crippen LogP contribution < -0.4 is 15.1 Å². The summed E-state index contributed by atoms with van der Waals surface area (Å²) in [4.78, 5) is 23.1. The van der Waals surface area contributed by atoms with Crippen LogP contribution in [0.25, 0.3) is 10.8 Å². The number of aliphatic hydroxyl groups excluding tert-OH is 1. The maximum atomic E-state index is 12.2. The van der Waals surface area contributed by atoms with Crippen LogP contribution in [0.1, 0.15) is 52.0 Å². The molecule has 2 aliphatic heterocycles. The summed E-state index contributed by atoms with van der Waals surface area (Å²) in [5.74, 6) is 3.60. The third kappa shape index (κ3) is 6.54. The summed E-state index contributed by atoms with van der Waals surface area (Å²) >= 11 is 0. The highest BCUT2D eigenvalue weighted by atomic mass is 32.2. The number of aromatic nitrogens is 4. The Labute approximate surface area is 242 Å². The van der Waals surface area contributed by atoms with E-state index in [9.17, 15) is 8.42 Å². The summed E-state index contributed by atoms with van der Waals surface area (Å²) in [6.45, 7) is 10.7. The molecular formula is C29H41N7O4S. The van der Waals surface area contributed by atoms with Gasteiger partial charge < -0.3 is 25.0 Å². The zero-order valence-electron chi connectivity index (χ0n) is 24.3. The van der Waals surface area contributed by atoms with E-state index in [-0.39, 0.29) is 42.1 Å². The molecule has 2 fully saturated rings. The highest BCUT2D eigenvalue weighted by molar-refractivity contribution is 7.91. The average molecular weight is 584 g/mol. The van der Waals surface area contributed by atoms with E-state index in [4.69, 9.17) is 24.8 Å². The SMILES string of the molecule is CCS(=O)(=O)C[C@H]1CN(c2ncc(C(C)C)c3cc(Nc4ccnc(N5CCC(OCCO)CC5)n4)ncc23)[C@@H]1C. The molecule has 2 N–H and O–H groups in total. The first-order valence-electron chi connectivity index (χ1n) is 14.5. The molecule has 5 heterocycles. The van der Waals surface area contributed by atoms with Crippen molar-refractivity contribution in [3.05, 3.63) is 36.3 Å². The first kappa shape index (κ1) is 29.4. The summed E-state index contributed by atoms with van der Waals surface area (Å²) in [6.07, 6.45) is 7.44. The van der Waals surface area contributed by atoms with Gasteiger partial charge in [0.1, 0.15) is 27.3 Å². The third-order valence-electron chi connectivity index (χ3n) is 8.26. The number of pyridine rings is 2. The highest BCUT2D eigenvalue weighted by Crippen LogP contribution is 2.38. The third-order valence-corrected chi connectivity index (χ3v) is 10.1. The molecular weight excluding hydrogens is 542 g/mol. The zero-order valence-corrected chi connectivity index (χ0v) is 25.1. The summed E-state index contributed by atoms with van der Waals surface area (Å²) in [5.41, 5.74) is 1.13. The van der Waals surface area contributed by atoms with Crippen LogP contribution >= 0.6 is 0 Å². The lowest BCUT2D eigenvalue weighted by atomic mass is 9.90. The van der Waals surface area contributed by atoms with Crippen molar-refractivity contribution in [3.8, 4) is 0 Å². The summed E-state index contributed by atoms with van der Waals surface area (Å²) in [6, 6.07) is 3.96. The quantitative estimate of drug-likeness (QED) is 0.343. The Bertz CT molecular complexity index is 1460. The van der Waals surface area contributed by atoms with Crippen molar-refractivity contribution in [2.75, 3.05) is 59.5 Å². The summed E-state index contributed by atoms with van der Waals surface area (Å²) < 4.78 is 30.1. The molecule has 3 aromatic heterocycles.